The molecule has 0 aliphatic heterocycles. The van der Waals surface area contributed by atoms with E-state index in [0.29, 0.717) is 23.2 Å². The van der Waals surface area contributed by atoms with Crippen LogP contribution in [0.3, 0.4) is 0 Å². The summed E-state index contributed by atoms with van der Waals surface area (Å²) in [6.07, 6.45) is 0.677. The van der Waals surface area contributed by atoms with Crippen LogP contribution in [0.1, 0.15) is 24.2 Å². The van der Waals surface area contributed by atoms with Crippen LogP contribution in [0.15, 0.2) is 28.8 Å². The normalized spacial score (nSPS) is 10.5. The summed E-state index contributed by atoms with van der Waals surface area (Å²) in [4.78, 5) is 15.0. The molecule has 5 heteroatoms. The average molecular weight is 251 g/mol. The molecule has 0 aliphatic carbocycles. The zero-order valence-corrected chi connectivity index (χ0v) is 10.1. The van der Waals surface area contributed by atoms with Crippen LogP contribution in [0, 0.1) is 0 Å². The molecule has 0 N–H and O–H groups in total. The van der Waals surface area contributed by atoms with Gasteiger partial charge in [-0.15, -0.1) is 0 Å². The second-order valence-electron chi connectivity index (χ2n) is 3.75. The van der Waals surface area contributed by atoms with E-state index in [0.717, 1.165) is 5.56 Å². The summed E-state index contributed by atoms with van der Waals surface area (Å²) in [5, 5.41) is 4.40. The Hall–Kier alpha value is -1.68. The number of carbonyl (C=O) groups excluding carboxylic acids is 1. The molecule has 0 atom stereocenters. The number of carbonyl (C=O) groups is 1. The van der Waals surface area contributed by atoms with Gasteiger partial charge in [-0.3, -0.25) is 4.79 Å². The molecule has 17 heavy (non-hydrogen) atoms. The molecular formula is C12H11ClN2O2. The molecule has 0 bridgehead atoms. The van der Waals surface area contributed by atoms with Crippen LogP contribution >= 0.6 is 11.6 Å². The number of halogens is 1. The highest BCUT2D eigenvalue weighted by atomic mass is 35.5. The monoisotopic (exact) mass is 250 g/mol. The van der Waals surface area contributed by atoms with Crippen LogP contribution < -0.4 is 0 Å². The van der Waals surface area contributed by atoms with Crippen molar-refractivity contribution in [2.24, 2.45) is 0 Å². The maximum Gasteiger partial charge on any atom is 0.231 e. The molecule has 0 aliphatic rings. The number of Topliss-reactive ketones (excluding diaryl/α,β-unsaturated/α-hetero) is 1. The first-order chi connectivity index (χ1) is 8.15. The molecule has 0 spiro atoms. The van der Waals surface area contributed by atoms with E-state index in [1.54, 1.807) is 0 Å². The molecule has 1 heterocycles. The minimum Gasteiger partial charge on any atom is -0.339 e. The lowest BCUT2D eigenvalue weighted by molar-refractivity contribution is -0.116. The lowest BCUT2D eigenvalue weighted by atomic mass is 10.1. The van der Waals surface area contributed by atoms with Crippen molar-refractivity contribution in [3.8, 4) is 0 Å². The fourth-order valence-electron chi connectivity index (χ4n) is 1.46. The first-order valence-corrected chi connectivity index (χ1v) is 5.57. The fourth-order valence-corrected chi connectivity index (χ4v) is 1.66. The summed E-state index contributed by atoms with van der Waals surface area (Å²) in [7, 11) is 0. The Morgan fingerprint density at radius 2 is 2.18 bits per heavy atom. The number of hydrogen-bond donors (Lipinski definition) is 0. The number of rotatable bonds is 4. The summed E-state index contributed by atoms with van der Waals surface area (Å²) in [5.74, 6) is 0.893. The number of hydrogen-bond acceptors (Lipinski definition) is 4. The van der Waals surface area contributed by atoms with Crippen molar-refractivity contribution in [1.82, 2.24) is 10.1 Å². The highest BCUT2D eigenvalue weighted by Crippen LogP contribution is 2.18. The molecule has 1 aromatic carbocycles. The van der Waals surface area contributed by atoms with Crippen molar-refractivity contribution in [2.45, 2.75) is 19.8 Å². The van der Waals surface area contributed by atoms with Gasteiger partial charge in [-0.1, -0.05) is 35.0 Å². The van der Waals surface area contributed by atoms with Gasteiger partial charge in [0.05, 0.1) is 12.8 Å². The smallest absolute Gasteiger partial charge is 0.231 e. The molecule has 0 amide bonds. The largest absolute Gasteiger partial charge is 0.339 e. The van der Waals surface area contributed by atoms with Gasteiger partial charge >= 0.3 is 0 Å². The van der Waals surface area contributed by atoms with E-state index in [1.807, 2.05) is 24.3 Å². The summed E-state index contributed by atoms with van der Waals surface area (Å²) < 4.78 is 5.05. The Morgan fingerprint density at radius 1 is 1.41 bits per heavy atom. The Morgan fingerprint density at radius 3 is 2.88 bits per heavy atom. The van der Waals surface area contributed by atoms with Gasteiger partial charge in [-0.25, -0.2) is 0 Å². The zero-order chi connectivity index (χ0) is 12.3. The number of aromatic nitrogens is 2. The van der Waals surface area contributed by atoms with E-state index in [1.165, 1.54) is 6.92 Å². The highest BCUT2D eigenvalue weighted by Gasteiger charge is 2.10. The van der Waals surface area contributed by atoms with Gasteiger partial charge in [0.15, 0.2) is 5.82 Å². The quantitative estimate of drug-likeness (QED) is 0.836. The summed E-state index contributed by atoms with van der Waals surface area (Å²) in [6.45, 7) is 1.49. The van der Waals surface area contributed by atoms with Gasteiger partial charge in [-0.05, 0) is 18.6 Å². The van der Waals surface area contributed by atoms with E-state index in [9.17, 15) is 4.79 Å². The minimum absolute atomic E-state index is 0.00935. The van der Waals surface area contributed by atoms with Crippen LogP contribution in [0.25, 0.3) is 0 Å². The van der Waals surface area contributed by atoms with Gasteiger partial charge in [-0.2, -0.15) is 4.98 Å². The van der Waals surface area contributed by atoms with Crippen LogP contribution in [0.4, 0.5) is 0 Å². The Kier molecular flexibility index (Phi) is 3.54. The third kappa shape index (κ3) is 3.14. The molecule has 0 fully saturated rings. The van der Waals surface area contributed by atoms with Crippen molar-refractivity contribution in [2.75, 3.05) is 0 Å². The SMILES string of the molecule is CC(=O)Cc1noc(Cc2ccccc2Cl)n1. The topological polar surface area (TPSA) is 56.0 Å². The third-order valence-corrected chi connectivity index (χ3v) is 2.59. The summed E-state index contributed by atoms with van der Waals surface area (Å²) in [6, 6.07) is 7.47. The minimum atomic E-state index is 0.00935. The number of benzene rings is 1. The lowest BCUT2D eigenvalue weighted by Gasteiger charge is -1.98. The first kappa shape index (κ1) is 11.8. The molecular weight excluding hydrogens is 240 g/mol. The second-order valence-corrected chi connectivity index (χ2v) is 4.16. The van der Waals surface area contributed by atoms with E-state index < -0.39 is 0 Å². The van der Waals surface area contributed by atoms with E-state index in [2.05, 4.69) is 10.1 Å². The van der Waals surface area contributed by atoms with Crippen molar-refractivity contribution in [1.29, 1.82) is 0 Å². The Balaban J connectivity index is 2.12. The first-order valence-electron chi connectivity index (χ1n) is 5.19. The predicted molar refractivity (Wildman–Crippen MR) is 62.9 cm³/mol. The van der Waals surface area contributed by atoms with Gasteiger partial charge in [0.25, 0.3) is 0 Å². The molecule has 0 saturated carbocycles. The fraction of sp³-hybridized carbons (Fsp3) is 0.250. The highest BCUT2D eigenvalue weighted by molar-refractivity contribution is 6.31. The summed E-state index contributed by atoms with van der Waals surface area (Å²) >= 11 is 6.02. The molecule has 0 saturated heterocycles. The van der Waals surface area contributed by atoms with Gasteiger partial charge in [0.2, 0.25) is 5.89 Å². The van der Waals surface area contributed by atoms with E-state index >= 15 is 0 Å². The number of ketones is 1. The maximum atomic E-state index is 10.9. The lowest BCUT2D eigenvalue weighted by Crippen LogP contribution is -1.98. The average Bonchev–Trinajstić information content (AvgIpc) is 2.68. The molecule has 2 rings (SSSR count). The van der Waals surface area contributed by atoms with Crippen molar-refractivity contribution < 1.29 is 9.32 Å². The van der Waals surface area contributed by atoms with Gasteiger partial charge in [0, 0.05) is 5.02 Å². The van der Waals surface area contributed by atoms with Gasteiger partial charge < -0.3 is 4.52 Å². The van der Waals surface area contributed by atoms with Crippen molar-refractivity contribution in [3.63, 3.8) is 0 Å². The van der Waals surface area contributed by atoms with Gasteiger partial charge in [0.1, 0.15) is 5.78 Å². The van der Waals surface area contributed by atoms with Crippen LogP contribution in [-0.2, 0) is 17.6 Å². The van der Waals surface area contributed by atoms with Crippen molar-refractivity contribution in [3.05, 3.63) is 46.6 Å². The van der Waals surface area contributed by atoms with Crippen LogP contribution in [-0.4, -0.2) is 15.9 Å². The maximum absolute atomic E-state index is 10.9. The number of nitrogens with zero attached hydrogens (tertiary/aromatic N) is 2. The van der Waals surface area contributed by atoms with E-state index in [4.69, 9.17) is 16.1 Å². The molecule has 88 valence electrons. The Bertz CT molecular complexity index is 537. The predicted octanol–water partition coefficient (Wildman–Crippen LogP) is 2.45. The van der Waals surface area contributed by atoms with Crippen LogP contribution in [0.2, 0.25) is 5.02 Å². The second kappa shape index (κ2) is 5.10. The summed E-state index contributed by atoms with van der Waals surface area (Å²) in [5.41, 5.74) is 0.923. The molecule has 4 nitrogen and oxygen atoms in total. The standard InChI is InChI=1S/C12H11ClN2O2/c1-8(16)6-11-14-12(17-15-11)7-9-4-2-3-5-10(9)13/h2-5H,6-7H2,1H3. The molecule has 0 unspecified atom stereocenters. The van der Waals surface area contributed by atoms with Crippen molar-refractivity contribution >= 4 is 17.4 Å². The molecule has 2 aromatic rings. The van der Waals surface area contributed by atoms with E-state index in [-0.39, 0.29) is 12.2 Å². The Labute approximate surface area is 104 Å². The zero-order valence-electron chi connectivity index (χ0n) is 9.31. The molecule has 0 radical (unpaired) electrons. The third-order valence-electron chi connectivity index (χ3n) is 2.22. The van der Waals surface area contributed by atoms with Crippen LogP contribution in [0.5, 0.6) is 0 Å². The molecule has 1 aromatic heterocycles.